The van der Waals surface area contributed by atoms with Crippen LogP contribution in [-0.2, 0) is 24.0 Å². The van der Waals surface area contributed by atoms with Gasteiger partial charge in [0.05, 0.1) is 45.4 Å². The third-order valence-corrected chi connectivity index (χ3v) is 4.41. The monoisotopic (exact) mass is 496 g/mol. The predicted octanol–water partition coefficient (Wildman–Crippen LogP) is -4.94. The van der Waals surface area contributed by atoms with Crippen LogP contribution >= 0.6 is 0 Å². The predicted molar refractivity (Wildman–Crippen MR) is 112 cm³/mol. The second-order valence-electron chi connectivity index (χ2n) is 7.39. The van der Waals surface area contributed by atoms with Gasteiger partial charge in [-0.2, -0.15) is 0 Å². The molecule has 0 saturated carbocycles. The van der Waals surface area contributed by atoms with Crippen molar-refractivity contribution in [2.24, 2.45) is 0 Å². The molecule has 0 aromatic carbocycles. The van der Waals surface area contributed by atoms with Gasteiger partial charge in [-0.25, -0.2) is 0 Å². The van der Waals surface area contributed by atoms with Gasteiger partial charge in [0.15, 0.2) is 0 Å². The zero-order chi connectivity index (χ0) is 26.3. The van der Waals surface area contributed by atoms with Crippen LogP contribution in [0.5, 0.6) is 0 Å². The Bertz CT molecular complexity index is 676. The summed E-state index contributed by atoms with van der Waals surface area (Å²) >= 11 is 0. The standard InChI is InChI=1S/C18H32N4O12/c23-11-13(25)12(24)5-19-14(26)6-21(8-16(29)30)3-1-20(7-15(27)28)2-4-22(9-17(31)32)10-18(33)34/h12-13,23-25H,1-11H2,(H,19,26)(H,27,28)(H,29,30)(H,31,32)(H,33,34). The zero-order valence-electron chi connectivity index (χ0n) is 18.4. The van der Waals surface area contributed by atoms with Crippen molar-refractivity contribution < 1.29 is 59.7 Å². The molecule has 2 unspecified atom stereocenters. The molecule has 16 nitrogen and oxygen atoms in total. The molecule has 0 fully saturated rings. The number of carboxylic acids is 4. The number of carbonyl (C=O) groups is 5. The molecule has 0 aliphatic rings. The van der Waals surface area contributed by atoms with Gasteiger partial charge in [0.1, 0.15) is 6.10 Å². The largest absolute Gasteiger partial charge is 0.480 e. The summed E-state index contributed by atoms with van der Waals surface area (Å²) in [6, 6.07) is 0. The van der Waals surface area contributed by atoms with Gasteiger partial charge in [-0.05, 0) is 0 Å². The van der Waals surface area contributed by atoms with E-state index in [0.29, 0.717) is 0 Å². The maximum absolute atomic E-state index is 12.1. The van der Waals surface area contributed by atoms with Crippen LogP contribution in [0, 0.1) is 0 Å². The molecule has 16 heteroatoms. The summed E-state index contributed by atoms with van der Waals surface area (Å²) in [5.41, 5.74) is 0. The first-order valence-corrected chi connectivity index (χ1v) is 10.1. The first-order chi connectivity index (χ1) is 15.8. The number of hydrogen-bond acceptors (Lipinski definition) is 11. The van der Waals surface area contributed by atoms with E-state index in [2.05, 4.69) is 5.32 Å². The number of nitrogens with one attached hydrogen (secondary N) is 1. The SMILES string of the molecule is O=C(O)CN(CCN(CC(=O)O)CC(=O)O)CCN(CC(=O)O)CC(=O)NCC(O)C(O)CO. The van der Waals surface area contributed by atoms with Gasteiger partial charge < -0.3 is 41.1 Å². The van der Waals surface area contributed by atoms with E-state index >= 15 is 0 Å². The van der Waals surface area contributed by atoms with E-state index < -0.39 is 87.9 Å². The Morgan fingerprint density at radius 2 is 0.941 bits per heavy atom. The third kappa shape index (κ3) is 15.8. The molecule has 0 rings (SSSR count). The molecule has 1 amide bonds. The van der Waals surface area contributed by atoms with Crippen molar-refractivity contribution in [2.45, 2.75) is 12.2 Å². The zero-order valence-corrected chi connectivity index (χ0v) is 18.4. The number of carboxylic acid groups (broad SMARTS) is 4. The quantitative estimate of drug-likeness (QED) is 0.0786. The molecule has 0 aliphatic heterocycles. The van der Waals surface area contributed by atoms with Crippen molar-refractivity contribution in [3.05, 3.63) is 0 Å². The molecule has 34 heavy (non-hydrogen) atoms. The van der Waals surface area contributed by atoms with Crippen LogP contribution in [-0.4, -0.2) is 164 Å². The average Bonchev–Trinajstić information content (AvgIpc) is 2.71. The lowest BCUT2D eigenvalue weighted by molar-refractivity contribution is -0.143. The smallest absolute Gasteiger partial charge is 0.317 e. The van der Waals surface area contributed by atoms with Gasteiger partial charge in [0, 0.05) is 32.7 Å². The van der Waals surface area contributed by atoms with Gasteiger partial charge in [0.25, 0.3) is 0 Å². The number of nitrogens with zero attached hydrogens (tertiary/aromatic N) is 3. The Morgan fingerprint density at radius 3 is 1.32 bits per heavy atom. The number of aliphatic carboxylic acids is 4. The van der Waals surface area contributed by atoms with E-state index in [1.54, 1.807) is 0 Å². The fourth-order valence-corrected chi connectivity index (χ4v) is 2.76. The molecular formula is C18H32N4O12. The molecule has 0 aromatic rings. The number of carbonyl (C=O) groups excluding carboxylic acids is 1. The van der Waals surface area contributed by atoms with Crippen LogP contribution in [0.3, 0.4) is 0 Å². The first kappa shape index (κ1) is 31.1. The maximum atomic E-state index is 12.1. The third-order valence-electron chi connectivity index (χ3n) is 4.41. The molecule has 0 bridgehead atoms. The molecule has 8 N–H and O–H groups in total. The van der Waals surface area contributed by atoms with Gasteiger partial charge in [0.2, 0.25) is 5.91 Å². The van der Waals surface area contributed by atoms with E-state index in [1.165, 1.54) is 9.80 Å². The highest BCUT2D eigenvalue weighted by Crippen LogP contribution is 1.98. The number of hydrogen-bond donors (Lipinski definition) is 8. The van der Waals surface area contributed by atoms with E-state index in [-0.39, 0.29) is 26.2 Å². The van der Waals surface area contributed by atoms with E-state index in [4.69, 9.17) is 25.5 Å². The van der Waals surface area contributed by atoms with E-state index in [0.717, 1.165) is 4.90 Å². The summed E-state index contributed by atoms with van der Waals surface area (Å²) in [5, 5.41) is 65.8. The minimum Gasteiger partial charge on any atom is -0.480 e. The van der Waals surface area contributed by atoms with Crippen molar-refractivity contribution in [1.82, 2.24) is 20.0 Å². The number of aliphatic hydroxyl groups excluding tert-OH is 3. The highest BCUT2D eigenvalue weighted by molar-refractivity contribution is 5.79. The van der Waals surface area contributed by atoms with Crippen LogP contribution in [0.15, 0.2) is 0 Å². The lowest BCUT2D eigenvalue weighted by Crippen LogP contribution is -2.48. The minimum atomic E-state index is -1.47. The van der Waals surface area contributed by atoms with Gasteiger partial charge in [-0.3, -0.25) is 38.7 Å². The minimum absolute atomic E-state index is 0.0350. The Labute approximate surface area is 194 Å². The Kier molecular flexibility index (Phi) is 15.3. The van der Waals surface area contributed by atoms with Gasteiger partial charge >= 0.3 is 23.9 Å². The second-order valence-corrected chi connectivity index (χ2v) is 7.39. The molecule has 0 aromatic heterocycles. The molecule has 0 heterocycles. The van der Waals surface area contributed by atoms with Crippen LogP contribution in [0.4, 0.5) is 0 Å². The summed E-state index contributed by atoms with van der Waals surface area (Å²) in [5.74, 6) is -5.70. The van der Waals surface area contributed by atoms with Crippen molar-refractivity contribution in [1.29, 1.82) is 0 Å². The fourth-order valence-electron chi connectivity index (χ4n) is 2.76. The van der Waals surface area contributed by atoms with Gasteiger partial charge in [-0.1, -0.05) is 0 Å². The summed E-state index contributed by atoms with van der Waals surface area (Å²) in [7, 11) is 0. The molecule has 0 spiro atoms. The Hall–Kier alpha value is -2.89. The van der Waals surface area contributed by atoms with E-state index in [9.17, 15) is 34.2 Å². The second kappa shape index (κ2) is 16.7. The van der Waals surface area contributed by atoms with Crippen molar-refractivity contribution in [2.75, 3.05) is 72.1 Å². The maximum Gasteiger partial charge on any atom is 0.317 e. The molecule has 2 atom stereocenters. The van der Waals surface area contributed by atoms with Crippen LogP contribution in [0.2, 0.25) is 0 Å². The Morgan fingerprint density at radius 1 is 0.588 bits per heavy atom. The molecular weight excluding hydrogens is 464 g/mol. The van der Waals surface area contributed by atoms with Crippen molar-refractivity contribution >= 4 is 29.8 Å². The van der Waals surface area contributed by atoms with Crippen LogP contribution in [0.1, 0.15) is 0 Å². The lowest BCUT2D eigenvalue weighted by Gasteiger charge is -2.27. The lowest BCUT2D eigenvalue weighted by atomic mass is 10.2. The van der Waals surface area contributed by atoms with Crippen molar-refractivity contribution in [3.8, 4) is 0 Å². The normalized spacial score (nSPS) is 13.1. The fraction of sp³-hybridized carbons (Fsp3) is 0.722. The van der Waals surface area contributed by atoms with Crippen molar-refractivity contribution in [3.63, 3.8) is 0 Å². The number of rotatable bonds is 20. The molecule has 0 aliphatic carbocycles. The molecule has 0 radical (unpaired) electrons. The molecule has 0 saturated heterocycles. The highest BCUT2D eigenvalue weighted by Gasteiger charge is 2.21. The first-order valence-electron chi connectivity index (χ1n) is 10.1. The Balaban J connectivity index is 5.00. The van der Waals surface area contributed by atoms with Gasteiger partial charge in [-0.15, -0.1) is 0 Å². The summed E-state index contributed by atoms with van der Waals surface area (Å²) in [6.45, 7) is -3.99. The highest BCUT2D eigenvalue weighted by atomic mass is 16.4. The summed E-state index contributed by atoms with van der Waals surface area (Å²) < 4.78 is 0. The molecule has 196 valence electrons. The average molecular weight is 496 g/mol. The summed E-state index contributed by atoms with van der Waals surface area (Å²) in [4.78, 5) is 59.8. The number of amides is 1. The van der Waals surface area contributed by atoms with Crippen LogP contribution < -0.4 is 5.32 Å². The number of aliphatic hydroxyl groups is 3. The topological polar surface area (TPSA) is 249 Å². The summed E-state index contributed by atoms with van der Waals surface area (Å²) in [6.07, 6.45) is -2.91. The van der Waals surface area contributed by atoms with E-state index in [1.807, 2.05) is 0 Å². The van der Waals surface area contributed by atoms with Crippen LogP contribution in [0.25, 0.3) is 0 Å².